The molecule has 11 heavy (non-hydrogen) atoms. The lowest BCUT2D eigenvalue weighted by Gasteiger charge is -1.87. The summed E-state index contributed by atoms with van der Waals surface area (Å²) in [7, 11) is 0. The molecule has 2 N–H and O–H groups in total. The number of hydrogen-bond acceptors (Lipinski definition) is 3. The Kier molecular flexibility index (Phi) is 9.59. The predicted octanol–water partition coefficient (Wildman–Crippen LogP) is 1.33. The van der Waals surface area contributed by atoms with Gasteiger partial charge in [0.2, 0.25) is 6.08 Å². The van der Waals surface area contributed by atoms with Crippen LogP contribution in [0.3, 0.4) is 0 Å². The minimum Gasteiger partial charge on any atom is -0.478 e. The quantitative estimate of drug-likeness (QED) is 0.360. The fourth-order valence-corrected chi connectivity index (χ4v) is 0.393. The van der Waals surface area contributed by atoms with Gasteiger partial charge >= 0.3 is 5.97 Å². The molecule has 0 aliphatic rings. The Morgan fingerprint density at radius 3 is 2.18 bits per heavy atom. The first kappa shape index (κ1) is 12.3. The second-order valence-corrected chi connectivity index (χ2v) is 1.70. The first-order valence-corrected chi connectivity index (χ1v) is 3.04. The highest BCUT2D eigenvalue weighted by Crippen LogP contribution is 1.92. The molecule has 0 saturated heterocycles. The highest BCUT2D eigenvalue weighted by molar-refractivity contribution is 5.85. The van der Waals surface area contributed by atoms with E-state index in [2.05, 4.69) is 0 Å². The van der Waals surface area contributed by atoms with Gasteiger partial charge in [-0.25, -0.2) is 15.0 Å². The topological polar surface area (TPSA) is 78.2 Å². The average Bonchev–Trinajstić information content (AvgIpc) is 1.90. The zero-order chi connectivity index (χ0) is 9.28. The van der Waals surface area contributed by atoms with Crippen molar-refractivity contribution >= 4 is 12.0 Å². The number of carboxylic acids is 1. The third-order valence-electron chi connectivity index (χ3n) is 0.848. The highest BCUT2D eigenvalue weighted by Gasteiger charge is 1.94. The van der Waals surface area contributed by atoms with Crippen molar-refractivity contribution in [1.29, 1.82) is 5.41 Å². The number of carbonyl (C=O) groups is 1. The van der Waals surface area contributed by atoms with Crippen LogP contribution in [-0.4, -0.2) is 17.2 Å². The summed E-state index contributed by atoms with van der Waals surface area (Å²) in [6, 6.07) is 0. The van der Waals surface area contributed by atoms with Gasteiger partial charge in [0.1, 0.15) is 0 Å². The molecule has 62 valence electrons. The number of nitrogens with one attached hydrogen (secondary N) is 1. The summed E-state index contributed by atoms with van der Waals surface area (Å²) in [6.45, 7) is 3.50. The highest BCUT2D eigenvalue weighted by atomic mass is 16.4. The van der Waals surface area contributed by atoms with Crippen molar-refractivity contribution < 1.29 is 14.7 Å². The third kappa shape index (κ3) is 11.9. The van der Waals surface area contributed by atoms with Crippen molar-refractivity contribution in [3.63, 3.8) is 0 Å². The summed E-state index contributed by atoms with van der Waals surface area (Å²) >= 11 is 0. The Morgan fingerprint density at radius 1 is 1.73 bits per heavy atom. The molecule has 0 aliphatic carbocycles. The Hall–Kier alpha value is -1.41. The summed E-state index contributed by atoms with van der Waals surface area (Å²) in [5, 5.41) is 13.6. The molecular weight excluding hydrogens is 146 g/mol. The van der Waals surface area contributed by atoms with Crippen LogP contribution >= 0.6 is 0 Å². The fraction of sp³-hybridized carbons (Fsp3) is 0.429. The van der Waals surface area contributed by atoms with E-state index in [1.807, 2.05) is 6.92 Å². The van der Waals surface area contributed by atoms with E-state index in [-0.39, 0.29) is 0 Å². The molecule has 0 heterocycles. The molecule has 4 heteroatoms. The van der Waals surface area contributed by atoms with Gasteiger partial charge in [-0.1, -0.05) is 13.0 Å². The minimum atomic E-state index is -0.827. The largest absolute Gasteiger partial charge is 0.478 e. The van der Waals surface area contributed by atoms with Crippen molar-refractivity contribution in [2.24, 2.45) is 0 Å². The summed E-state index contributed by atoms with van der Waals surface area (Å²) in [6.07, 6.45) is 3.22. The molecule has 0 aliphatic heterocycles. The van der Waals surface area contributed by atoms with E-state index < -0.39 is 5.97 Å². The monoisotopic (exact) mass is 157 g/mol. The third-order valence-corrected chi connectivity index (χ3v) is 0.848. The first-order chi connectivity index (χ1) is 5.09. The van der Waals surface area contributed by atoms with Crippen LogP contribution in [0.1, 0.15) is 20.3 Å². The number of hydrogen-bond donors (Lipinski definition) is 2. The molecule has 0 amide bonds. The van der Waals surface area contributed by atoms with Gasteiger partial charge in [0.15, 0.2) is 0 Å². The van der Waals surface area contributed by atoms with Crippen LogP contribution in [0.5, 0.6) is 0 Å². The van der Waals surface area contributed by atoms with Crippen molar-refractivity contribution in [3.8, 4) is 0 Å². The van der Waals surface area contributed by atoms with Crippen LogP contribution in [0.15, 0.2) is 11.6 Å². The second kappa shape index (κ2) is 8.59. The van der Waals surface area contributed by atoms with Gasteiger partial charge in [-0.3, -0.25) is 0 Å². The molecule has 0 aromatic rings. The Morgan fingerprint density at radius 2 is 2.09 bits per heavy atom. The molecule has 0 aromatic heterocycles. The smallest absolute Gasteiger partial charge is 0.330 e. The second-order valence-electron chi connectivity index (χ2n) is 1.70. The SMILES string of the molecule is CCC=C(C)C(=O)O.N=C=O. The minimum absolute atomic E-state index is 0.424. The normalized spacial score (nSPS) is 9.09. The van der Waals surface area contributed by atoms with Crippen LogP contribution in [0.2, 0.25) is 0 Å². The average molecular weight is 157 g/mol. The van der Waals surface area contributed by atoms with E-state index in [0.29, 0.717) is 5.57 Å². The molecule has 0 fully saturated rings. The first-order valence-electron chi connectivity index (χ1n) is 3.04. The number of allylic oxidation sites excluding steroid dienone is 1. The maximum absolute atomic E-state index is 10.0. The van der Waals surface area contributed by atoms with Crippen LogP contribution in [0.25, 0.3) is 0 Å². The van der Waals surface area contributed by atoms with Gasteiger partial charge < -0.3 is 5.11 Å². The van der Waals surface area contributed by atoms with Crippen molar-refractivity contribution in [3.05, 3.63) is 11.6 Å². The van der Waals surface area contributed by atoms with E-state index in [1.54, 1.807) is 13.0 Å². The summed E-state index contributed by atoms with van der Waals surface area (Å²) in [4.78, 5) is 18.4. The lowest BCUT2D eigenvalue weighted by Crippen LogP contribution is -1.94. The van der Waals surface area contributed by atoms with Gasteiger partial charge in [0.25, 0.3) is 0 Å². The summed E-state index contributed by atoms with van der Waals surface area (Å²) < 4.78 is 0. The molecule has 0 rings (SSSR count). The molecule has 0 unspecified atom stereocenters. The number of carbonyl (C=O) groups excluding carboxylic acids is 1. The molecule has 0 saturated carbocycles. The van der Waals surface area contributed by atoms with E-state index >= 15 is 0 Å². The predicted molar refractivity (Wildman–Crippen MR) is 40.1 cm³/mol. The summed E-state index contributed by atoms with van der Waals surface area (Å²) in [5.74, 6) is -0.827. The Bertz CT molecular complexity index is 178. The molecule has 0 atom stereocenters. The lowest BCUT2D eigenvalue weighted by molar-refractivity contribution is -0.132. The zero-order valence-electron chi connectivity index (χ0n) is 6.55. The number of rotatable bonds is 2. The lowest BCUT2D eigenvalue weighted by atomic mass is 10.2. The molecule has 0 radical (unpaired) electrons. The van der Waals surface area contributed by atoms with Crippen LogP contribution < -0.4 is 0 Å². The van der Waals surface area contributed by atoms with Crippen LogP contribution in [0, 0.1) is 5.41 Å². The van der Waals surface area contributed by atoms with Gasteiger partial charge in [-0.05, 0) is 13.3 Å². The van der Waals surface area contributed by atoms with Crippen molar-refractivity contribution in [2.75, 3.05) is 0 Å². The van der Waals surface area contributed by atoms with Gasteiger partial charge in [-0.15, -0.1) is 0 Å². The molecular formula is C7H11NO3. The van der Waals surface area contributed by atoms with Crippen LogP contribution in [0.4, 0.5) is 0 Å². The maximum atomic E-state index is 10.0. The van der Waals surface area contributed by atoms with Gasteiger partial charge in [0, 0.05) is 5.57 Å². The van der Waals surface area contributed by atoms with Crippen molar-refractivity contribution in [2.45, 2.75) is 20.3 Å². The molecule has 0 spiro atoms. The fourth-order valence-electron chi connectivity index (χ4n) is 0.393. The van der Waals surface area contributed by atoms with E-state index in [9.17, 15) is 4.79 Å². The van der Waals surface area contributed by atoms with E-state index in [0.717, 1.165) is 12.5 Å². The van der Waals surface area contributed by atoms with E-state index in [4.69, 9.17) is 15.3 Å². The Balaban J connectivity index is 0. The van der Waals surface area contributed by atoms with E-state index in [1.165, 1.54) is 0 Å². The molecule has 4 nitrogen and oxygen atoms in total. The van der Waals surface area contributed by atoms with Crippen LogP contribution in [-0.2, 0) is 9.59 Å². The van der Waals surface area contributed by atoms with Gasteiger partial charge in [0.05, 0.1) is 0 Å². The Labute approximate surface area is 65.0 Å². The number of carboxylic acid groups (broad SMARTS) is 1. The molecule has 0 bridgehead atoms. The summed E-state index contributed by atoms with van der Waals surface area (Å²) in [5.41, 5.74) is 0.424. The number of isocyanates is 1. The van der Waals surface area contributed by atoms with Crippen molar-refractivity contribution in [1.82, 2.24) is 0 Å². The van der Waals surface area contributed by atoms with Gasteiger partial charge in [-0.2, -0.15) is 0 Å². The number of aliphatic carboxylic acids is 1. The zero-order valence-corrected chi connectivity index (χ0v) is 6.55. The standard InChI is InChI=1S/C6H10O2.CHNO/c1-3-4-5(2)6(7)8;2-1-3/h4H,3H2,1-2H3,(H,7,8);2H. The molecule has 0 aromatic carbocycles. The maximum Gasteiger partial charge on any atom is 0.330 e.